The van der Waals surface area contributed by atoms with E-state index >= 15 is 0 Å². The number of hydrogen-bond donors (Lipinski definition) is 1. The zero-order valence-corrected chi connectivity index (χ0v) is 22.3. The van der Waals surface area contributed by atoms with Crippen LogP contribution in [0.15, 0.2) is 79.0 Å². The van der Waals surface area contributed by atoms with Crippen molar-refractivity contribution >= 4 is 17.3 Å². The lowest BCUT2D eigenvalue weighted by Crippen LogP contribution is -2.34. The number of fused-ring (bicyclic) bond motifs is 2. The Labute approximate surface area is 226 Å². The lowest BCUT2D eigenvalue weighted by molar-refractivity contribution is 0.244. The maximum atomic E-state index is 5.89. The first-order chi connectivity index (χ1) is 18.2. The molecular formula is C31H38ClN5. The monoisotopic (exact) mass is 515 g/mol. The van der Waals surface area contributed by atoms with E-state index in [0.29, 0.717) is 11.2 Å². The molecule has 4 saturated heterocycles. The summed E-state index contributed by atoms with van der Waals surface area (Å²) in [6, 6.07) is 27.0. The molecule has 2 aromatic carbocycles. The second kappa shape index (κ2) is 11.5. The normalized spacial score (nSPS) is 27.1. The third kappa shape index (κ3) is 5.85. The van der Waals surface area contributed by atoms with Crippen molar-refractivity contribution in [1.82, 2.24) is 20.1 Å². The van der Waals surface area contributed by atoms with Crippen molar-refractivity contribution in [1.29, 1.82) is 0 Å². The third-order valence-electron chi connectivity index (χ3n) is 8.76. The van der Waals surface area contributed by atoms with Crippen LogP contribution in [0.1, 0.15) is 24.0 Å². The molecule has 6 heteroatoms. The predicted octanol–water partition coefficient (Wildman–Crippen LogP) is 4.93. The van der Waals surface area contributed by atoms with Crippen molar-refractivity contribution in [3.63, 3.8) is 0 Å². The summed E-state index contributed by atoms with van der Waals surface area (Å²) in [5.41, 5.74) is 4.05. The lowest BCUT2D eigenvalue weighted by atomic mass is 10.0. The van der Waals surface area contributed by atoms with Gasteiger partial charge >= 0.3 is 0 Å². The standard InChI is InChI=1S/C18H20ClN3.C13H18N2/c19-18-7-6-16(10-20-18)22-12-15-8-9-21(17(15)13-22)11-14-4-2-1-3-5-14;1-2-4-11(5-3-1)10-15-7-6-12-8-14-9-13(12)15/h1-7,10,15,17H,8-9,11-13H2;1-5,12-14H,6-10H2/t15-,17+;12-,13+/m00/s1. The molecule has 1 N–H and O–H groups in total. The van der Waals surface area contributed by atoms with Gasteiger partial charge in [0.2, 0.25) is 0 Å². The first kappa shape index (κ1) is 24.9. The van der Waals surface area contributed by atoms with Crippen molar-refractivity contribution in [3.05, 3.63) is 95.3 Å². The van der Waals surface area contributed by atoms with Gasteiger partial charge < -0.3 is 10.2 Å². The molecule has 5 nitrogen and oxygen atoms in total. The number of benzene rings is 2. The van der Waals surface area contributed by atoms with Gasteiger partial charge in [0, 0.05) is 44.8 Å². The Morgan fingerprint density at radius 3 is 2.03 bits per heavy atom. The zero-order chi connectivity index (χ0) is 25.0. The van der Waals surface area contributed by atoms with E-state index in [9.17, 15) is 0 Å². The topological polar surface area (TPSA) is 34.6 Å². The molecule has 1 aromatic heterocycles. The van der Waals surface area contributed by atoms with Crippen molar-refractivity contribution in [2.24, 2.45) is 11.8 Å². The summed E-state index contributed by atoms with van der Waals surface area (Å²) in [7, 11) is 0. The molecule has 0 bridgehead atoms. The minimum atomic E-state index is 0.564. The Morgan fingerprint density at radius 1 is 0.730 bits per heavy atom. The van der Waals surface area contributed by atoms with Crippen LogP contribution in [0.4, 0.5) is 5.69 Å². The SMILES string of the molecule is Clc1ccc(N2C[C@@H]3CCN(Cc4ccccc4)[C@@H]3C2)cn1.c1ccc(CN2CC[C@H]3CNC[C@H]32)cc1. The minimum Gasteiger partial charge on any atom is -0.368 e. The Bertz CT molecular complexity index is 1130. The number of likely N-dealkylation sites (tertiary alicyclic amines) is 2. The summed E-state index contributed by atoms with van der Waals surface area (Å²) in [4.78, 5) is 11.9. The second-order valence-corrected chi connectivity index (χ2v) is 11.4. The van der Waals surface area contributed by atoms with E-state index in [2.05, 4.69) is 91.7 Å². The molecule has 0 spiro atoms. The van der Waals surface area contributed by atoms with Crippen molar-refractivity contribution in [2.75, 3.05) is 44.2 Å². The Morgan fingerprint density at radius 2 is 1.38 bits per heavy atom. The lowest BCUT2D eigenvalue weighted by Gasteiger charge is -2.25. The first-order valence-corrected chi connectivity index (χ1v) is 14.2. The molecule has 0 amide bonds. The molecule has 4 fully saturated rings. The van der Waals surface area contributed by atoms with Gasteiger partial charge in [0.25, 0.3) is 0 Å². The van der Waals surface area contributed by atoms with Crippen LogP contribution in [-0.4, -0.2) is 66.1 Å². The van der Waals surface area contributed by atoms with Crippen LogP contribution in [0.5, 0.6) is 0 Å². The molecule has 5 heterocycles. The fraction of sp³-hybridized carbons (Fsp3) is 0.452. The molecule has 7 rings (SSSR count). The van der Waals surface area contributed by atoms with Gasteiger partial charge in [0.1, 0.15) is 5.15 Å². The summed E-state index contributed by atoms with van der Waals surface area (Å²) in [5, 5.41) is 4.06. The van der Waals surface area contributed by atoms with Gasteiger partial charge in [-0.05, 0) is 67.6 Å². The molecule has 0 saturated carbocycles. The van der Waals surface area contributed by atoms with Gasteiger partial charge in [0.05, 0.1) is 11.9 Å². The molecule has 4 atom stereocenters. The van der Waals surface area contributed by atoms with Crippen LogP contribution >= 0.6 is 11.6 Å². The third-order valence-corrected chi connectivity index (χ3v) is 8.98. The Balaban J connectivity index is 0.000000146. The predicted molar refractivity (Wildman–Crippen MR) is 152 cm³/mol. The molecule has 194 valence electrons. The van der Waals surface area contributed by atoms with Crippen LogP contribution in [0, 0.1) is 11.8 Å². The molecule has 3 aromatic rings. The van der Waals surface area contributed by atoms with Gasteiger partial charge in [-0.15, -0.1) is 0 Å². The van der Waals surface area contributed by atoms with Crippen LogP contribution < -0.4 is 10.2 Å². The number of anilines is 1. The molecule has 0 radical (unpaired) electrons. The summed E-state index contributed by atoms with van der Waals surface area (Å²) >= 11 is 5.89. The second-order valence-electron chi connectivity index (χ2n) is 11.0. The Hall–Kier alpha value is -2.44. The average Bonchev–Trinajstić information content (AvgIpc) is 3.71. The van der Waals surface area contributed by atoms with E-state index in [-0.39, 0.29) is 0 Å². The van der Waals surface area contributed by atoms with Crippen LogP contribution in [0.3, 0.4) is 0 Å². The number of rotatable bonds is 5. The molecule has 0 unspecified atom stereocenters. The highest BCUT2D eigenvalue weighted by Gasteiger charge is 2.41. The quantitative estimate of drug-likeness (QED) is 0.488. The number of halogens is 1. The number of aromatic nitrogens is 1. The molecule has 0 aliphatic carbocycles. The number of nitrogens with zero attached hydrogens (tertiary/aromatic N) is 4. The first-order valence-electron chi connectivity index (χ1n) is 13.9. The van der Waals surface area contributed by atoms with E-state index in [1.807, 2.05) is 12.3 Å². The summed E-state index contributed by atoms with van der Waals surface area (Å²) < 4.78 is 0. The van der Waals surface area contributed by atoms with E-state index in [4.69, 9.17) is 11.6 Å². The van der Waals surface area contributed by atoms with Gasteiger partial charge in [-0.2, -0.15) is 0 Å². The van der Waals surface area contributed by atoms with Gasteiger partial charge in [0.15, 0.2) is 0 Å². The molecule has 4 aliphatic heterocycles. The largest absolute Gasteiger partial charge is 0.368 e. The fourth-order valence-electron chi connectivity index (χ4n) is 6.78. The van der Waals surface area contributed by atoms with Gasteiger partial charge in [-0.3, -0.25) is 9.80 Å². The summed E-state index contributed by atoms with van der Waals surface area (Å²) in [6.07, 6.45) is 4.57. The number of hydrogen-bond acceptors (Lipinski definition) is 5. The fourth-order valence-corrected chi connectivity index (χ4v) is 6.89. The van der Waals surface area contributed by atoms with Crippen LogP contribution in [0.25, 0.3) is 0 Å². The average molecular weight is 516 g/mol. The van der Waals surface area contributed by atoms with Crippen LogP contribution in [0.2, 0.25) is 5.15 Å². The zero-order valence-electron chi connectivity index (χ0n) is 21.6. The maximum Gasteiger partial charge on any atom is 0.129 e. The van der Waals surface area contributed by atoms with Crippen molar-refractivity contribution < 1.29 is 0 Å². The summed E-state index contributed by atoms with van der Waals surface area (Å²) in [6.45, 7) is 9.36. The van der Waals surface area contributed by atoms with Crippen molar-refractivity contribution in [3.8, 4) is 0 Å². The van der Waals surface area contributed by atoms with E-state index in [1.165, 1.54) is 55.8 Å². The smallest absolute Gasteiger partial charge is 0.129 e. The van der Waals surface area contributed by atoms with Crippen LogP contribution in [-0.2, 0) is 13.1 Å². The molecular weight excluding hydrogens is 478 g/mol. The maximum absolute atomic E-state index is 5.89. The molecule has 4 aliphatic rings. The highest BCUT2D eigenvalue weighted by molar-refractivity contribution is 6.29. The highest BCUT2D eigenvalue weighted by atomic mass is 35.5. The highest BCUT2D eigenvalue weighted by Crippen LogP contribution is 2.35. The molecule has 37 heavy (non-hydrogen) atoms. The Kier molecular flexibility index (Phi) is 7.75. The van der Waals surface area contributed by atoms with E-state index in [1.54, 1.807) is 0 Å². The van der Waals surface area contributed by atoms with E-state index < -0.39 is 0 Å². The van der Waals surface area contributed by atoms with E-state index in [0.717, 1.165) is 44.1 Å². The summed E-state index contributed by atoms with van der Waals surface area (Å²) in [5.74, 6) is 1.69. The number of pyridine rings is 1. The number of nitrogens with one attached hydrogen (secondary N) is 1. The van der Waals surface area contributed by atoms with Crippen molar-refractivity contribution in [2.45, 2.75) is 38.0 Å². The van der Waals surface area contributed by atoms with Gasteiger partial charge in [-0.25, -0.2) is 4.98 Å². The van der Waals surface area contributed by atoms with Gasteiger partial charge in [-0.1, -0.05) is 72.3 Å². The minimum absolute atomic E-state index is 0.564.